The molecule has 1 aliphatic rings. The van der Waals surface area contributed by atoms with Crippen LogP contribution in [0.15, 0.2) is 47.6 Å². The number of imide groups is 1. The van der Waals surface area contributed by atoms with Crippen molar-refractivity contribution in [1.82, 2.24) is 9.97 Å². The molecule has 8 heteroatoms. The molecule has 1 fully saturated rings. The summed E-state index contributed by atoms with van der Waals surface area (Å²) in [5.74, 6) is 0.313. The van der Waals surface area contributed by atoms with Crippen molar-refractivity contribution in [3.8, 4) is 5.75 Å². The first-order chi connectivity index (χ1) is 13.5. The minimum Gasteiger partial charge on any atom is -0.497 e. The van der Waals surface area contributed by atoms with Crippen molar-refractivity contribution in [3.05, 3.63) is 51.7 Å². The van der Waals surface area contributed by atoms with Gasteiger partial charge in [-0.15, -0.1) is 0 Å². The largest absolute Gasteiger partial charge is 0.497 e. The molecule has 1 unspecified atom stereocenters. The Bertz CT molecular complexity index is 1110. The van der Waals surface area contributed by atoms with E-state index in [9.17, 15) is 9.59 Å². The number of benzene rings is 2. The second kappa shape index (κ2) is 7.67. The summed E-state index contributed by atoms with van der Waals surface area (Å²) in [7, 11) is 1.62. The number of halogens is 1. The number of nitrogens with zero attached hydrogens (tertiary/aromatic N) is 3. The minimum absolute atomic E-state index is 0.136. The molecule has 1 saturated heterocycles. The molecule has 1 aromatic heterocycles. The van der Waals surface area contributed by atoms with E-state index in [1.54, 1.807) is 13.2 Å². The Morgan fingerprint density at radius 2 is 1.96 bits per heavy atom. The van der Waals surface area contributed by atoms with E-state index in [-0.39, 0.29) is 18.2 Å². The number of carbonyl (C=O) groups excluding carboxylic acids is 2. The lowest BCUT2D eigenvalue weighted by Crippen LogP contribution is -2.31. The zero-order valence-electron chi connectivity index (χ0n) is 15.2. The van der Waals surface area contributed by atoms with E-state index in [0.29, 0.717) is 10.8 Å². The molecule has 6 nitrogen and oxygen atoms in total. The lowest BCUT2D eigenvalue weighted by atomic mass is 10.2. The lowest BCUT2D eigenvalue weighted by molar-refractivity contribution is -0.121. The van der Waals surface area contributed by atoms with Crippen molar-refractivity contribution >= 4 is 62.8 Å². The van der Waals surface area contributed by atoms with Crippen LogP contribution >= 0.6 is 34.4 Å². The van der Waals surface area contributed by atoms with Crippen molar-refractivity contribution in [1.29, 1.82) is 0 Å². The third kappa shape index (κ3) is 3.46. The van der Waals surface area contributed by atoms with E-state index < -0.39 is 5.25 Å². The average Bonchev–Trinajstić information content (AvgIpc) is 2.95. The number of anilines is 1. The van der Waals surface area contributed by atoms with Crippen LogP contribution in [0.3, 0.4) is 0 Å². The predicted molar refractivity (Wildman–Crippen MR) is 117 cm³/mol. The molecule has 142 valence electrons. The van der Waals surface area contributed by atoms with Crippen molar-refractivity contribution in [2.24, 2.45) is 0 Å². The topological polar surface area (TPSA) is 72.4 Å². The van der Waals surface area contributed by atoms with Gasteiger partial charge in [-0.1, -0.05) is 23.9 Å². The van der Waals surface area contributed by atoms with Gasteiger partial charge in [0, 0.05) is 21.1 Å². The van der Waals surface area contributed by atoms with Crippen LogP contribution in [0.25, 0.3) is 10.9 Å². The summed E-state index contributed by atoms with van der Waals surface area (Å²) in [6.45, 7) is 1.90. The van der Waals surface area contributed by atoms with Gasteiger partial charge in [-0.25, -0.2) is 14.9 Å². The highest BCUT2D eigenvalue weighted by atomic mass is 127. The highest BCUT2D eigenvalue weighted by Crippen LogP contribution is 2.35. The molecule has 0 radical (unpaired) electrons. The maximum Gasteiger partial charge on any atom is 0.247 e. The number of carbonyl (C=O) groups is 2. The van der Waals surface area contributed by atoms with E-state index in [0.717, 1.165) is 25.9 Å². The number of thioether (sulfide) groups is 1. The van der Waals surface area contributed by atoms with Gasteiger partial charge in [-0.3, -0.25) is 9.59 Å². The fraction of sp³-hybridized carbons (Fsp3) is 0.200. The molecule has 3 aromatic rings. The van der Waals surface area contributed by atoms with Crippen LogP contribution in [0.4, 0.5) is 5.69 Å². The van der Waals surface area contributed by atoms with Crippen LogP contribution in [0.2, 0.25) is 0 Å². The zero-order valence-corrected chi connectivity index (χ0v) is 18.2. The van der Waals surface area contributed by atoms with Crippen LogP contribution in [-0.4, -0.2) is 34.1 Å². The summed E-state index contributed by atoms with van der Waals surface area (Å²) in [5, 5.41) is 0.863. The van der Waals surface area contributed by atoms with Gasteiger partial charge >= 0.3 is 0 Å². The number of rotatable bonds is 4. The first-order valence-electron chi connectivity index (χ1n) is 8.58. The van der Waals surface area contributed by atoms with Gasteiger partial charge in [0.15, 0.2) is 5.16 Å². The first-order valence-corrected chi connectivity index (χ1v) is 10.5. The number of hydrogen-bond acceptors (Lipinski definition) is 6. The van der Waals surface area contributed by atoms with E-state index in [2.05, 4.69) is 32.6 Å². The van der Waals surface area contributed by atoms with Crippen molar-refractivity contribution in [2.45, 2.75) is 23.8 Å². The maximum atomic E-state index is 12.9. The zero-order chi connectivity index (χ0) is 19.8. The number of para-hydroxylation sites is 1. The summed E-state index contributed by atoms with van der Waals surface area (Å²) in [4.78, 5) is 35.8. The van der Waals surface area contributed by atoms with Gasteiger partial charge in [-0.05, 0) is 59.8 Å². The quantitative estimate of drug-likeness (QED) is 0.304. The summed E-state index contributed by atoms with van der Waals surface area (Å²) in [5.41, 5.74) is 2.21. The standard InChI is InChI=1S/C20H16IN3O3S/c1-11-13-9-12(27-2)7-8-15(13)23-20(22-11)28-17-10-18(25)24(19(17)26)16-6-4-3-5-14(16)21/h3-9,17H,10H2,1-2H3. The van der Waals surface area contributed by atoms with Crippen LogP contribution in [0, 0.1) is 10.5 Å². The van der Waals surface area contributed by atoms with Crippen molar-refractivity contribution < 1.29 is 14.3 Å². The monoisotopic (exact) mass is 505 g/mol. The van der Waals surface area contributed by atoms with Crippen LogP contribution in [0.5, 0.6) is 5.75 Å². The van der Waals surface area contributed by atoms with E-state index in [1.165, 1.54) is 16.7 Å². The SMILES string of the molecule is COc1ccc2nc(SC3CC(=O)N(c4ccccc4I)C3=O)nc(C)c2c1. The molecule has 0 bridgehead atoms. The Morgan fingerprint density at radius 1 is 1.18 bits per heavy atom. The molecule has 0 saturated carbocycles. The molecule has 2 aromatic carbocycles. The molecule has 1 atom stereocenters. The Balaban J connectivity index is 1.62. The minimum atomic E-state index is -0.529. The molecule has 0 spiro atoms. The fourth-order valence-corrected chi connectivity index (χ4v) is 4.78. The van der Waals surface area contributed by atoms with E-state index >= 15 is 0 Å². The van der Waals surface area contributed by atoms with Gasteiger partial charge in [0.25, 0.3) is 0 Å². The molecule has 0 N–H and O–H groups in total. The third-order valence-electron chi connectivity index (χ3n) is 4.52. The smallest absolute Gasteiger partial charge is 0.247 e. The fourth-order valence-electron chi connectivity index (χ4n) is 3.12. The van der Waals surface area contributed by atoms with E-state index in [4.69, 9.17) is 4.74 Å². The normalized spacial score (nSPS) is 16.8. The van der Waals surface area contributed by atoms with Crippen molar-refractivity contribution in [3.63, 3.8) is 0 Å². The Labute approximate surface area is 179 Å². The Hall–Kier alpha value is -2.20. The number of aryl methyl sites for hydroxylation is 1. The van der Waals surface area contributed by atoms with Crippen LogP contribution < -0.4 is 9.64 Å². The molecule has 2 amide bonds. The molecular weight excluding hydrogens is 489 g/mol. The molecule has 28 heavy (non-hydrogen) atoms. The molecule has 0 aliphatic carbocycles. The third-order valence-corrected chi connectivity index (χ3v) is 6.48. The Kier molecular flexibility index (Phi) is 5.24. The van der Waals surface area contributed by atoms with Gasteiger partial charge in [0.05, 0.1) is 18.3 Å². The second-order valence-electron chi connectivity index (χ2n) is 6.30. The molecule has 4 rings (SSSR count). The van der Waals surface area contributed by atoms with E-state index in [1.807, 2.05) is 43.3 Å². The van der Waals surface area contributed by atoms with Gasteiger partial charge in [0.2, 0.25) is 11.8 Å². The first kappa shape index (κ1) is 19.1. The highest BCUT2D eigenvalue weighted by molar-refractivity contribution is 14.1. The van der Waals surface area contributed by atoms with Gasteiger partial charge in [0.1, 0.15) is 11.0 Å². The summed E-state index contributed by atoms with van der Waals surface area (Å²) >= 11 is 3.37. The van der Waals surface area contributed by atoms with Gasteiger partial charge in [-0.2, -0.15) is 0 Å². The number of amides is 2. The number of fused-ring (bicyclic) bond motifs is 1. The van der Waals surface area contributed by atoms with Crippen molar-refractivity contribution in [2.75, 3.05) is 12.0 Å². The Morgan fingerprint density at radius 3 is 2.71 bits per heavy atom. The highest BCUT2D eigenvalue weighted by Gasteiger charge is 2.41. The molecule has 1 aliphatic heterocycles. The lowest BCUT2D eigenvalue weighted by Gasteiger charge is -2.16. The van der Waals surface area contributed by atoms with Gasteiger partial charge < -0.3 is 4.74 Å². The maximum absolute atomic E-state index is 12.9. The second-order valence-corrected chi connectivity index (χ2v) is 8.64. The summed E-state index contributed by atoms with van der Waals surface area (Å²) in [6, 6.07) is 13.0. The summed E-state index contributed by atoms with van der Waals surface area (Å²) < 4.78 is 6.12. The molecular formula is C20H16IN3O3S. The number of methoxy groups -OCH3 is 1. The number of hydrogen-bond donors (Lipinski definition) is 0. The predicted octanol–water partition coefficient (Wildman–Crippen LogP) is 3.98. The average molecular weight is 505 g/mol. The number of aromatic nitrogens is 2. The molecule has 2 heterocycles. The van der Waals surface area contributed by atoms with Crippen LogP contribution in [0.1, 0.15) is 12.1 Å². The van der Waals surface area contributed by atoms with Crippen LogP contribution in [-0.2, 0) is 9.59 Å². The summed E-state index contributed by atoms with van der Waals surface area (Å²) in [6.07, 6.45) is 0.136. The number of ether oxygens (including phenoxy) is 1.